The number of hydrogen-bond acceptors (Lipinski definition) is 7. The van der Waals surface area contributed by atoms with Crippen molar-refractivity contribution in [1.82, 2.24) is 15.1 Å². The molecule has 18 heteroatoms. The molecule has 0 radical (unpaired) electrons. The Morgan fingerprint density at radius 2 is 1.70 bits per heavy atom. The van der Waals surface area contributed by atoms with Crippen molar-refractivity contribution in [2.24, 2.45) is 0 Å². The molecule has 2 unspecified atom stereocenters. The van der Waals surface area contributed by atoms with Gasteiger partial charge >= 0.3 is 0 Å². The molecule has 0 spiro atoms. The number of ether oxygens (including phenoxy) is 1. The zero-order valence-corrected chi connectivity index (χ0v) is 26.4. The van der Waals surface area contributed by atoms with E-state index < -0.39 is 33.1 Å². The topological polar surface area (TPSA) is 111 Å². The molecule has 3 aliphatic rings. The van der Waals surface area contributed by atoms with E-state index >= 15 is 4.39 Å². The van der Waals surface area contributed by atoms with Crippen LogP contribution in [-0.2, 0) is 34.0 Å². The number of nitrogens with zero attached hydrogens (tertiary/aromatic N) is 2. The van der Waals surface area contributed by atoms with E-state index in [1.807, 2.05) is 64.1 Å². The summed E-state index contributed by atoms with van der Waals surface area (Å²) in [6, 6.07) is 10.4. The van der Waals surface area contributed by atoms with E-state index in [1.165, 1.54) is 11.0 Å². The van der Waals surface area contributed by atoms with Crippen molar-refractivity contribution >= 4 is 86.2 Å². The Kier molecular flexibility index (Phi) is 7.63. The summed E-state index contributed by atoms with van der Waals surface area (Å²) in [6.45, 7) is 0.714. The summed E-state index contributed by atoms with van der Waals surface area (Å²) in [6.07, 6.45) is 0.419. The minimum atomic E-state index is -1.31. The van der Waals surface area contributed by atoms with Gasteiger partial charge in [-0.2, -0.15) is 0 Å². The fourth-order valence-corrected chi connectivity index (χ4v) is 6.56. The highest BCUT2D eigenvalue weighted by Crippen LogP contribution is 2.41. The van der Waals surface area contributed by atoms with Gasteiger partial charge in [-0.05, 0) is 35.5 Å². The minimum Gasteiger partial charge on any atom is -0.400 e. The van der Waals surface area contributed by atoms with Crippen LogP contribution in [0.15, 0.2) is 36.4 Å². The van der Waals surface area contributed by atoms with Gasteiger partial charge in [-0.1, -0.05) is 18.2 Å². The molecule has 43 heavy (non-hydrogen) atoms. The molecule has 2 saturated heterocycles. The first-order valence-electron chi connectivity index (χ1n) is 14.8. The lowest BCUT2D eigenvalue weighted by molar-refractivity contribution is -0.220. The smallest absolute Gasteiger partial charge is 0.254 e. The number of nitrogens with one attached hydrogen (secondary N) is 2. The highest BCUT2D eigenvalue weighted by Gasteiger charge is 2.60. The molecule has 2 fully saturated rings. The number of amides is 3. The van der Waals surface area contributed by atoms with Crippen molar-refractivity contribution in [3.05, 3.63) is 64.5 Å². The number of piperidine rings is 1. The summed E-state index contributed by atoms with van der Waals surface area (Å²) < 4.78 is 21.8. The number of halogens is 1. The van der Waals surface area contributed by atoms with Gasteiger partial charge in [0.15, 0.2) is 7.85 Å². The van der Waals surface area contributed by atoms with Crippen molar-refractivity contribution in [3.63, 3.8) is 0 Å². The molecule has 2 aromatic carbocycles. The Morgan fingerprint density at radius 3 is 2.35 bits per heavy atom. The number of anilines is 1. The maximum atomic E-state index is 15.5. The summed E-state index contributed by atoms with van der Waals surface area (Å²) in [5.74, 6) is -1.46. The van der Waals surface area contributed by atoms with Crippen LogP contribution in [0.4, 0.5) is 10.1 Å². The second-order valence-electron chi connectivity index (χ2n) is 13.9. The van der Waals surface area contributed by atoms with Crippen molar-refractivity contribution in [1.29, 1.82) is 0 Å². The minimum absolute atomic E-state index is 0.166. The number of carbonyl (C=O) groups excluding carboxylic acids is 3. The molecule has 5 rings (SSSR count). The van der Waals surface area contributed by atoms with Gasteiger partial charge in [0.2, 0.25) is 11.8 Å². The molecule has 0 aromatic heterocycles. The Labute approximate surface area is 259 Å². The number of hydrogen-bond donors (Lipinski definition) is 3. The Hall–Kier alpha value is -2.82. The van der Waals surface area contributed by atoms with Crippen LogP contribution >= 0.6 is 0 Å². The average molecular weight is 577 g/mol. The van der Waals surface area contributed by atoms with Crippen LogP contribution in [0, 0.1) is 5.82 Å². The normalized spacial score (nSPS) is 27.9. The number of aliphatic hydroxyl groups is 1. The van der Waals surface area contributed by atoms with Crippen molar-refractivity contribution in [2.45, 2.75) is 59.7 Å². The number of fused-ring (bicyclic) bond motifs is 1. The summed E-state index contributed by atoms with van der Waals surface area (Å²) in [4.78, 5) is 41.3. The van der Waals surface area contributed by atoms with E-state index in [1.54, 1.807) is 33.9 Å². The van der Waals surface area contributed by atoms with Gasteiger partial charge in [-0.3, -0.25) is 24.6 Å². The van der Waals surface area contributed by atoms with E-state index in [9.17, 15) is 19.5 Å². The Bertz CT molecular complexity index is 1500. The van der Waals surface area contributed by atoms with Gasteiger partial charge in [0, 0.05) is 59.2 Å². The SMILES string of the molecule is BC1(N2Cc3c(NCc4ccc(CN5C(B)(B)C(B)(B)OC(B)(B)C5(B)O)cc4F)cccc3C2=O)CCC(=O)NC1=O. The van der Waals surface area contributed by atoms with E-state index in [-0.39, 0.29) is 43.6 Å². The molecule has 3 aliphatic heterocycles. The lowest BCUT2D eigenvalue weighted by Crippen LogP contribution is -2.85. The molecule has 2 aromatic rings. The first-order valence-corrected chi connectivity index (χ1v) is 14.8. The van der Waals surface area contributed by atoms with Gasteiger partial charge in [-0.25, -0.2) is 4.39 Å². The van der Waals surface area contributed by atoms with Crippen molar-refractivity contribution < 1.29 is 28.6 Å². The number of morpholine rings is 1. The van der Waals surface area contributed by atoms with Crippen LogP contribution in [-0.4, -0.2) is 123 Å². The van der Waals surface area contributed by atoms with Gasteiger partial charge in [0.05, 0.1) is 11.1 Å². The highest BCUT2D eigenvalue weighted by atomic mass is 19.1. The number of carbonyl (C=O) groups is 3. The number of imide groups is 1. The summed E-state index contributed by atoms with van der Waals surface area (Å²) in [7, 11) is 15.2. The molecular formula is C25H35B8FN4O5. The Morgan fingerprint density at radius 1 is 1.00 bits per heavy atom. The summed E-state index contributed by atoms with van der Waals surface area (Å²) >= 11 is 0. The standard InChI is InChI=1S/C25H35B8FN4O5/c26-21(7-6-18(39)36-20(21)41)37-11-15-14(19(37)40)2-1-3-17(15)35-9-13-5-4-12(8-16(13)34)10-38-22(27,28)23(29,30)43-24(31,32)25(38,33)42/h1-5,8,35,42H,6-7,9-11,26-33H2,(H,36,39,41). The number of rotatable bonds is 6. The quantitative estimate of drug-likeness (QED) is 0.232. The molecule has 3 heterocycles. The Balaban J connectivity index is 1.33. The third-order valence-electron chi connectivity index (χ3n) is 10.4. The lowest BCUT2D eigenvalue weighted by atomic mass is 9.35. The molecule has 0 bridgehead atoms. The first kappa shape index (κ1) is 31.6. The molecule has 3 N–H and O–H groups in total. The molecule has 9 nitrogen and oxygen atoms in total. The average Bonchev–Trinajstić information content (AvgIpc) is 3.25. The second kappa shape index (κ2) is 10.4. The first-order chi connectivity index (χ1) is 19.8. The third kappa shape index (κ3) is 5.09. The maximum absolute atomic E-state index is 15.5. The fourth-order valence-electron chi connectivity index (χ4n) is 6.56. The van der Waals surface area contributed by atoms with Crippen LogP contribution in [0.25, 0.3) is 0 Å². The van der Waals surface area contributed by atoms with Crippen LogP contribution < -0.4 is 10.6 Å². The molecule has 2 atom stereocenters. The van der Waals surface area contributed by atoms with Gasteiger partial charge in [-0.15, -0.1) is 0 Å². The number of benzene rings is 2. The predicted octanol–water partition coefficient (Wildman–Crippen LogP) is -6.97. The van der Waals surface area contributed by atoms with E-state index in [2.05, 4.69) is 10.6 Å². The second-order valence-corrected chi connectivity index (χ2v) is 13.9. The summed E-state index contributed by atoms with van der Waals surface area (Å²) in [5.41, 5.74) is 0.634. The van der Waals surface area contributed by atoms with Crippen molar-refractivity contribution in [3.8, 4) is 0 Å². The highest BCUT2D eigenvalue weighted by molar-refractivity contribution is 6.55. The third-order valence-corrected chi connectivity index (χ3v) is 10.4. The van der Waals surface area contributed by atoms with Gasteiger partial charge in [0.25, 0.3) is 5.91 Å². The lowest BCUT2D eigenvalue weighted by Gasteiger charge is -2.67. The molecular weight excluding hydrogens is 542 g/mol. The van der Waals surface area contributed by atoms with Crippen LogP contribution in [0.3, 0.4) is 0 Å². The predicted molar refractivity (Wildman–Crippen MR) is 183 cm³/mol. The molecule has 3 amide bonds. The summed E-state index contributed by atoms with van der Waals surface area (Å²) in [5, 5.41) is 15.2. The van der Waals surface area contributed by atoms with Crippen LogP contribution in [0.1, 0.15) is 39.9 Å². The zero-order chi connectivity index (χ0) is 31.8. The molecule has 0 aliphatic carbocycles. The van der Waals surface area contributed by atoms with Crippen LogP contribution in [0.2, 0.25) is 0 Å². The van der Waals surface area contributed by atoms with E-state index in [0.717, 1.165) is 11.1 Å². The maximum Gasteiger partial charge on any atom is 0.254 e. The van der Waals surface area contributed by atoms with E-state index in [0.29, 0.717) is 23.4 Å². The fraction of sp³-hybridized carbons (Fsp3) is 0.400. The zero-order valence-electron chi connectivity index (χ0n) is 26.4. The van der Waals surface area contributed by atoms with Gasteiger partial charge in [0.1, 0.15) is 60.7 Å². The molecule has 0 saturated carbocycles. The van der Waals surface area contributed by atoms with Gasteiger partial charge < -0.3 is 20.1 Å². The van der Waals surface area contributed by atoms with Crippen LogP contribution in [0.5, 0.6) is 0 Å². The van der Waals surface area contributed by atoms with Crippen molar-refractivity contribution in [2.75, 3.05) is 5.32 Å². The monoisotopic (exact) mass is 578 g/mol. The van der Waals surface area contributed by atoms with E-state index in [4.69, 9.17) is 4.74 Å². The molecule has 216 valence electrons. The largest absolute Gasteiger partial charge is 0.400 e.